The predicted molar refractivity (Wildman–Crippen MR) is 127 cm³/mol. The molecule has 0 aliphatic carbocycles. The molecule has 2 atom stereocenters. The van der Waals surface area contributed by atoms with Gasteiger partial charge in [0.2, 0.25) is 5.78 Å². The summed E-state index contributed by atoms with van der Waals surface area (Å²) in [7, 11) is 5.40. The molecule has 2 aromatic rings. The number of hydrogen-bond acceptors (Lipinski definition) is 7. The normalized spacial score (nSPS) is 18.0. The Balaban J connectivity index is 2.07. The van der Waals surface area contributed by atoms with Crippen LogP contribution < -0.4 is 9.47 Å². The van der Waals surface area contributed by atoms with Crippen LogP contribution in [-0.4, -0.2) is 73.3 Å². The van der Waals surface area contributed by atoms with Crippen LogP contribution in [0.3, 0.4) is 0 Å². The Kier molecular flexibility index (Phi) is 7.94. The van der Waals surface area contributed by atoms with Crippen molar-refractivity contribution in [2.45, 2.75) is 26.3 Å². The minimum Gasteiger partial charge on any atom is -0.504 e. The molecule has 8 nitrogen and oxygen atoms in total. The zero-order valence-electron chi connectivity index (χ0n) is 20.3. The molecule has 0 radical (unpaired) electrons. The number of nitrogens with zero attached hydrogens (tertiary/aromatic N) is 2. The lowest BCUT2D eigenvalue weighted by atomic mass is 9.85. The molecule has 2 unspecified atom stereocenters. The summed E-state index contributed by atoms with van der Waals surface area (Å²) in [4.78, 5) is 43.4. The van der Waals surface area contributed by atoms with Crippen molar-refractivity contribution in [1.29, 1.82) is 0 Å². The van der Waals surface area contributed by atoms with Crippen LogP contribution in [0.25, 0.3) is 0 Å². The second kappa shape index (κ2) is 10.7. The number of amides is 1. The zero-order chi connectivity index (χ0) is 25.0. The molecule has 0 saturated carbocycles. The number of likely N-dealkylation sites (tertiary alicyclic amines) is 1. The van der Waals surface area contributed by atoms with E-state index in [-0.39, 0.29) is 11.5 Å². The van der Waals surface area contributed by atoms with Crippen molar-refractivity contribution in [3.8, 4) is 17.2 Å². The topological polar surface area (TPSA) is 96.4 Å². The Bertz CT molecular complexity index is 1080. The number of ketones is 2. The molecule has 8 heteroatoms. The number of benzene rings is 2. The van der Waals surface area contributed by atoms with Crippen molar-refractivity contribution in [3.63, 3.8) is 0 Å². The maximum absolute atomic E-state index is 13.7. The van der Waals surface area contributed by atoms with Crippen LogP contribution in [0.1, 0.15) is 40.9 Å². The van der Waals surface area contributed by atoms with Gasteiger partial charge in [-0.05, 0) is 82.4 Å². The number of phenols is 1. The van der Waals surface area contributed by atoms with Crippen LogP contribution in [0.4, 0.5) is 0 Å². The fraction of sp³-hybridized carbons (Fsp3) is 0.423. The second-order valence-corrected chi connectivity index (χ2v) is 8.65. The number of carbonyl (C=O) groups is 3. The average Bonchev–Trinajstić information content (AvgIpc) is 3.05. The molecule has 0 bridgehead atoms. The van der Waals surface area contributed by atoms with E-state index in [1.807, 2.05) is 19.0 Å². The standard InChI is InChI=1S/C26H32N2O6/c1-6-34-21-15-17(8-11-20(21)29)23-22(24(30)19-10-9-18(33-5)14-16(19)2)25(31)26(32)28(23)13-7-12-27(3)4/h8-11,14-15,22-23,29H,6-7,12-13H2,1-5H3. The summed E-state index contributed by atoms with van der Waals surface area (Å²) in [6, 6.07) is 8.93. The van der Waals surface area contributed by atoms with Crippen molar-refractivity contribution in [2.75, 3.05) is 40.9 Å². The van der Waals surface area contributed by atoms with Crippen LogP contribution in [-0.2, 0) is 9.59 Å². The van der Waals surface area contributed by atoms with Crippen LogP contribution in [0, 0.1) is 12.8 Å². The van der Waals surface area contributed by atoms with Crippen LogP contribution >= 0.6 is 0 Å². The third-order valence-electron chi connectivity index (χ3n) is 6.02. The summed E-state index contributed by atoms with van der Waals surface area (Å²) in [5.74, 6) is -2.20. The smallest absolute Gasteiger partial charge is 0.291 e. The van der Waals surface area contributed by atoms with E-state index in [9.17, 15) is 19.5 Å². The second-order valence-electron chi connectivity index (χ2n) is 8.65. The number of Topliss-reactive ketones (excluding diaryl/α,β-unsaturated/α-hetero) is 2. The fourth-order valence-corrected chi connectivity index (χ4v) is 4.35. The third kappa shape index (κ3) is 5.07. The maximum atomic E-state index is 13.7. The number of hydrogen-bond donors (Lipinski definition) is 1. The molecule has 1 N–H and O–H groups in total. The molecule has 1 aliphatic rings. The average molecular weight is 469 g/mol. The van der Waals surface area contributed by atoms with Gasteiger partial charge in [0.1, 0.15) is 11.7 Å². The summed E-state index contributed by atoms with van der Waals surface area (Å²) in [5.41, 5.74) is 1.60. The van der Waals surface area contributed by atoms with Gasteiger partial charge in [-0.3, -0.25) is 14.4 Å². The molecule has 182 valence electrons. The van der Waals surface area contributed by atoms with E-state index in [2.05, 4.69) is 0 Å². The zero-order valence-corrected chi connectivity index (χ0v) is 20.3. The van der Waals surface area contributed by atoms with E-state index in [1.54, 1.807) is 44.2 Å². The monoisotopic (exact) mass is 468 g/mol. The molecule has 0 aromatic heterocycles. The van der Waals surface area contributed by atoms with Crippen molar-refractivity contribution < 1.29 is 29.0 Å². The minimum absolute atomic E-state index is 0.0470. The van der Waals surface area contributed by atoms with Gasteiger partial charge >= 0.3 is 0 Å². The molecule has 0 spiro atoms. The number of ether oxygens (including phenoxy) is 2. The predicted octanol–water partition coefficient (Wildman–Crippen LogP) is 3.01. The molecule has 2 aromatic carbocycles. The maximum Gasteiger partial charge on any atom is 0.291 e. The first kappa shape index (κ1) is 25.2. The molecule has 1 heterocycles. The Morgan fingerprint density at radius 2 is 1.88 bits per heavy atom. The Labute approximate surface area is 200 Å². The number of methoxy groups -OCH3 is 1. The van der Waals surface area contributed by atoms with Crippen LogP contribution in [0.5, 0.6) is 17.2 Å². The minimum atomic E-state index is -1.20. The lowest BCUT2D eigenvalue weighted by Crippen LogP contribution is -2.33. The Morgan fingerprint density at radius 3 is 2.50 bits per heavy atom. The van der Waals surface area contributed by atoms with E-state index in [4.69, 9.17) is 9.47 Å². The van der Waals surface area contributed by atoms with Gasteiger partial charge in [-0.1, -0.05) is 6.07 Å². The van der Waals surface area contributed by atoms with Gasteiger partial charge < -0.3 is 24.4 Å². The largest absolute Gasteiger partial charge is 0.504 e. The fourth-order valence-electron chi connectivity index (χ4n) is 4.35. The molecule has 34 heavy (non-hydrogen) atoms. The molecular formula is C26H32N2O6. The van der Waals surface area contributed by atoms with Crippen LogP contribution in [0.15, 0.2) is 36.4 Å². The molecular weight excluding hydrogens is 436 g/mol. The third-order valence-corrected chi connectivity index (χ3v) is 6.02. The number of carbonyl (C=O) groups excluding carboxylic acids is 3. The van der Waals surface area contributed by atoms with E-state index in [0.717, 1.165) is 6.54 Å². The number of aryl methyl sites for hydroxylation is 1. The van der Waals surface area contributed by atoms with Crippen molar-refractivity contribution in [1.82, 2.24) is 9.80 Å². The lowest BCUT2D eigenvalue weighted by molar-refractivity contribution is -0.140. The van der Waals surface area contributed by atoms with Gasteiger partial charge in [-0.15, -0.1) is 0 Å². The molecule has 1 amide bonds. The molecule has 1 aliphatic heterocycles. The first-order valence-electron chi connectivity index (χ1n) is 11.3. The summed E-state index contributed by atoms with van der Waals surface area (Å²) in [5, 5.41) is 10.2. The number of phenolic OH excluding ortho intramolecular Hbond substituents is 1. The van der Waals surface area contributed by atoms with Crippen molar-refractivity contribution in [3.05, 3.63) is 53.1 Å². The number of aromatic hydroxyl groups is 1. The van der Waals surface area contributed by atoms with Crippen molar-refractivity contribution in [2.24, 2.45) is 5.92 Å². The highest BCUT2D eigenvalue weighted by molar-refractivity contribution is 6.44. The van der Waals surface area contributed by atoms with E-state index < -0.39 is 29.4 Å². The van der Waals surface area contributed by atoms with Gasteiger partial charge in [0.15, 0.2) is 17.3 Å². The van der Waals surface area contributed by atoms with Gasteiger partial charge in [0, 0.05) is 12.1 Å². The SMILES string of the molecule is CCOc1cc(C2C(C(=O)c3ccc(OC)cc3C)C(=O)C(=O)N2CCCN(C)C)ccc1O. The highest BCUT2D eigenvalue weighted by atomic mass is 16.5. The highest BCUT2D eigenvalue weighted by Gasteiger charge is 2.51. The molecule has 3 rings (SSSR count). The van der Waals surface area contributed by atoms with Crippen molar-refractivity contribution >= 4 is 17.5 Å². The molecule has 1 saturated heterocycles. The first-order chi connectivity index (χ1) is 16.2. The van der Waals surface area contributed by atoms with E-state index in [0.29, 0.717) is 42.0 Å². The Hall–Kier alpha value is -3.39. The van der Waals surface area contributed by atoms with E-state index in [1.165, 1.54) is 18.1 Å². The van der Waals surface area contributed by atoms with Gasteiger partial charge in [-0.2, -0.15) is 0 Å². The summed E-state index contributed by atoms with van der Waals surface area (Å²) < 4.78 is 10.7. The van der Waals surface area contributed by atoms with Gasteiger partial charge in [0.05, 0.1) is 19.8 Å². The quantitative estimate of drug-likeness (QED) is 0.325. The summed E-state index contributed by atoms with van der Waals surface area (Å²) in [6.45, 7) is 4.94. The lowest BCUT2D eigenvalue weighted by Gasteiger charge is -2.28. The molecule has 1 fully saturated rings. The summed E-state index contributed by atoms with van der Waals surface area (Å²) >= 11 is 0. The number of rotatable bonds is 10. The first-order valence-corrected chi connectivity index (χ1v) is 11.3. The van der Waals surface area contributed by atoms with Crippen LogP contribution in [0.2, 0.25) is 0 Å². The van der Waals surface area contributed by atoms with Gasteiger partial charge in [0.25, 0.3) is 5.91 Å². The Morgan fingerprint density at radius 1 is 1.15 bits per heavy atom. The highest BCUT2D eigenvalue weighted by Crippen LogP contribution is 2.41. The van der Waals surface area contributed by atoms with Gasteiger partial charge in [-0.25, -0.2) is 0 Å². The van der Waals surface area contributed by atoms with E-state index >= 15 is 0 Å². The summed E-state index contributed by atoms with van der Waals surface area (Å²) in [6.07, 6.45) is 0.640.